The van der Waals surface area contributed by atoms with E-state index in [2.05, 4.69) is 0 Å². The highest BCUT2D eigenvalue weighted by Crippen LogP contribution is 2.63. The summed E-state index contributed by atoms with van der Waals surface area (Å²) in [4.78, 5) is 41.6. The van der Waals surface area contributed by atoms with Gasteiger partial charge < -0.3 is 4.74 Å². The molecule has 2 bridgehead atoms. The van der Waals surface area contributed by atoms with Crippen molar-refractivity contribution in [3.05, 3.63) is 35.4 Å². The van der Waals surface area contributed by atoms with Gasteiger partial charge in [0.1, 0.15) is 5.60 Å². The Labute approximate surface area is 158 Å². The van der Waals surface area contributed by atoms with Gasteiger partial charge in [0.15, 0.2) is 0 Å². The fourth-order valence-electron chi connectivity index (χ4n) is 5.41. The van der Waals surface area contributed by atoms with Crippen LogP contribution in [-0.4, -0.2) is 51.9 Å². The second-order valence-corrected chi connectivity index (χ2v) is 9.25. The molecule has 3 fully saturated rings. The van der Waals surface area contributed by atoms with Crippen LogP contribution >= 0.6 is 0 Å². The van der Waals surface area contributed by atoms with E-state index >= 15 is 0 Å². The van der Waals surface area contributed by atoms with Gasteiger partial charge in [-0.05, 0) is 63.5 Å². The molecule has 1 aromatic carbocycles. The number of rotatable bonds is 2. The van der Waals surface area contributed by atoms with E-state index in [1.165, 1.54) is 4.90 Å². The number of hydrogen-bond acceptors (Lipinski definition) is 4. The zero-order valence-corrected chi connectivity index (χ0v) is 15.8. The normalized spacial score (nSPS) is 33.4. The Bertz CT molecular complexity index is 823. The van der Waals surface area contributed by atoms with E-state index in [9.17, 15) is 14.4 Å². The molecule has 5 rings (SSSR count). The van der Waals surface area contributed by atoms with E-state index in [-0.39, 0.29) is 36.5 Å². The monoisotopic (exact) mass is 368 g/mol. The Kier molecular flexibility index (Phi) is 3.31. The minimum Gasteiger partial charge on any atom is -0.444 e. The summed E-state index contributed by atoms with van der Waals surface area (Å²) in [5.74, 6) is 1.05. The Morgan fingerprint density at radius 1 is 1.04 bits per heavy atom. The summed E-state index contributed by atoms with van der Waals surface area (Å²) >= 11 is 0. The maximum Gasteiger partial charge on any atom is 0.410 e. The van der Waals surface area contributed by atoms with Crippen LogP contribution in [0.15, 0.2) is 24.3 Å². The summed E-state index contributed by atoms with van der Waals surface area (Å²) in [5, 5.41) is 0. The third-order valence-corrected chi connectivity index (χ3v) is 6.51. The Morgan fingerprint density at radius 3 is 2.26 bits per heavy atom. The maximum atomic E-state index is 12.9. The van der Waals surface area contributed by atoms with Crippen LogP contribution in [0.5, 0.6) is 0 Å². The largest absolute Gasteiger partial charge is 0.444 e. The zero-order chi connectivity index (χ0) is 19.1. The number of likely N-dealkylation sites (tertiary alicyclic amines) is 1. The van der Waals surface area contributed by atoms with Crippen LogP contribution in [0.1, 0.15) is 54.3 Å². The van der Waals surface area contributed by atoms with Crippen LogP contribution in [0.25, 0.3) is 0 Å². The summed E-state index contributed by atoms with van der Waals surface area (Å²) in [6.07, 6.45) is 1.79. The first-order chi connectivity index (χ1) is 12.8. The minimum atomic E-state index is -0.568. The second kappa shape index (κ2) is 5.33. The molecule has 142 valence electrons. The van der Waals surface area contributed by atoms with Gasteiger partial charge in [0.25, 0.3) is 11.8 Å². The van der Waals surface area contributed by atoms with Gasteiger partial charge in [-0.3, -0.25) is 19.4 Å². The second-order valence-electron chi connectivity index (χ2n) is 9.25. The van der Waals surface area contributed by atoms with Gasteiger partial charge in [-0.15, -0.1) is 0 Å². The Morgan fingerprint density at radius 2 is 1.67 bits per heavy atom. The molecule has 2 aliphatic carbocycles. The molecule has 0 N–H and O–H groups in total. The number of imide groups is 1. The number of fused-ring (bicyclic) bond motifs is 6. The van der Waals surface area contributed by atoms with Gasteiger partial charge in [-0.1, -0.05) is 12.1 Å². The summed E-state index contributed by atoms with van der Waals surface area (Å²) in [6.45, 7) is 5.84. The summed E-state index contributed by atoms with van der Waals surface area (Å²) in [6, 6.07) is 6.98. The van der Waals surface area contributed by atoms with Crippen molar-refractivity contribution in [1.82, 2.24) is 9.80 Å². The van der Waals surface area contributed by atoms with Gasteiger partial charge >= 0.3 is 6.09 Å². The van der Waals surface area contributed by atoms with Crippen molar-refractivity contribution < 1.29 is 19.1 Å². The lowest BCUT2D eigenvalue weighted by molar-refractivity contribution is 0.00185. The van der Waals surface area contributed by atoms with Crippen LogP contribution in [0.3, 0.4) is 0 Å². The van der Waals surface area contributed by atoms with Crippen molar-refractivity contribution in [2.24, 2.45) is 17.8 Å². The van der Waals surface area contributed by atoms with Gasteiger partial charge in [-0.25, -0.2) is 4.79 Å². The molecule has 2 saturated carbocycles. The van der Waals surface area contributed by atoms with Crippen LogP contribution in [0, 0.1) is 17.8 Å². The standard InChI is InChI=1S/C21H24N2O4/c1-21(2,3)27-20(26)23-16-9-15(13-8-14(13)16)17(23)10-22-18(24)11-6-4-5-7-12(11)19(22)25/h4-7,13-17H,8-10H2,1-3H3. The van der Waals surface area contributed by atoms with Gasteiger partial charge in [0, 0.05) is 6.04 Å². The molecule has 4 aliphatic rings. The van der Waals surface area contributed by atoms with E-state index in [0.717, 1.165) is 12.8 Å². The molecule has 6 nitrogen and oxygen atoms in total. The van der Waals surface area contributed by atoms with Crippen LogP contribution in [0.2, 0.25) is 0 Å². The van der Waals surface area contributed by atoms with Crippen LogP contribution < -0.4 is 0 Å². The average Bonchev–Trinajstić information content (AvgIpc) is 3.15. The number of ether oxygens (including phenoxy) is 1. The highest BCUT2D eigenvalue weighted by atomic mass is 16.6. The molecule has 1 aromatic rings. The van der Waals surface area contributed by atoms with Crippen LogP contribution in [0.4, 0.5) is 4.79 Å². The van der Waals surface area contributed by atoms with Crippen molar-refractivity contribution in [2.45, 2.75) is 51.3 Å². The van der Waals surface area contributed by atoms with E-state index in [4.69, 9.17) is 4.74 Å². The van der Waals surface area contributed by atoms with E-state index in [1.807, 2.05) is 25.7 Å². The highest BCUT2D eigenvalue weighted by Gasteiger charge is 2.66. The number of benzene rings is 1. The molecule has 0 radical (unpaired) electrons. The van der Waals surface area contributed by atoms with Gasteiger partial charge in [0.05, 0.1) is 23.7 Å². The SMILES string of the molecule is CC(C)(C)OC(=O)N1C2CC(C3CC32)C1CN1C(=O)c2ccccc2C1=O. The Hall–Kier alpha value is -2.37. The van der Waals surface area contributed by atoms with E-state index in [1.54, 1.807) is 24.3 Å². The number of amides is 3. The first kappa shape index (κ1) is 16.8. The van der Waals surface area contributed by atoms with Gasteiger partial charge in [-0.2, -0.15) is 0 Å². The molecule has 1 saturated heterocycles. The highest BCUT2D eigenvalue weighted by molar-refractivity contribution is 6.21. The summed E-state index contributed by atoms with van der Waals surface area (Å²) < 4.78 is 5.65. The minimum absolute atomic E-state index is 0.143. The first-order valence-electron chi connectivity index (χ1n) is 9.73. The number of piperidine rings is 1. The van der Waals surface area contributed by atoms with Crippen molar-refractivity contribution in [1.29, 1.82) is 0 Å². The lowest BCUT2D eigenvalue weighted by atomic mass is 9.96. The molecule has 3 amide bonds. The molecule has 0 aromatic heterocycles. The van der Waals surface area contributed by atoms with Crippen molar-refractivity contribution in [3.8, 4) is 0 Å². The molecule has 2 aliphatic heterocycles. The zero-order valence-electron chi connectivity index (χ0n) is 15.8. The predicted molar refractivity (Wildman–Crippen MR) is 97.2 cm³/mol. The maximum absolute atomic E-state index is 12.9. The molecular formula is C21H24N2O4. The molecule has 27 heavy (non-hydrogen) atoms. The number of carbonyl (C=O) groups excluding carboxylic acids is 3. The van der Waals surface area contributed by atoms with Crippen molar-refractivity contribution >= 4 is 17.9 Å². The quantitative estimate of drug-likeness (QED) is 0.753. The average molecular weight is 368 g/mol. The third kappa shape index (κ3) is 2.42. The Balaban J connectivity index is 1.41. The van der Waals surface area contributed by atoms with E-state index < -0.39 is 5.60 Å². The molecule has 5 atom stereocenters. The number of nitrogens with zero attached hydrogens (tertiary/aromatic N) is 2. The predicted octanol–water partition coefficient (Wildman–Crippen LogP) is 2.93. The van der Waals surface area contributed by atoms with Crippen molar-refractivity contribution in [3.63, 3.8) is 0 Å². The van der Waals surface area contributed by atoms with Crippen molar-refractivity contribution in [2.75, 3.05) is 6.54 Å². The molecule has 2 heterocycles. The lowest BCUT2D eigenvalue weighted by Gasteiger charge is -2.37. The molecule has 5 unspecified atom stereocenters. The molecule has 0 spiro atoms. The van der Waals surface area contributed by atoms with E-state index in [0.29, 0.717) is 28.9 Å². The lowest BCUT2D eigenvalue weighted by Crippen LogP contribution is -2.53. The van der Waals surface area contributed by atoms with Crippen LogP contribution in [-0.2, 0) is 4.74 Å². The first-order valence-corrected chi connectivity index (χ1v) is 9.73. The summed E-state index contributed by atoms with van der Waals surface area (Å²) in [5.41, 5.74) is 0.347. The fourth-order valence-corrected chi connectivity index (χ4v) is 5.41. The molecular weight excluding hydrogens is 344 g/mol. The molecule has 6 heteroatoms. The smallest absolute Gasteiger partial charge is 0.410 e. The fraction of sp³-hybridized carbons (Fsp3) is 0.571. The summed E-state index contributed by atoms with van der Waals surface area (Å²) in [7, 11) is 0. The third-order valence-electron chi connectivity index (χ3n) is 6.51. The van der Waals surface area contributed by atoms with Gasteiger partial charge in [0.2, 0.25) is 0 Å². The number of hydrogen-bond donors (Lipinski definition) is 0. The topological polar surface area (TPSA) is 66.9 Å². The number of carbonyl (C=O) groups is 3.